The van der Waals surface area contributed by atoms with E-state index in [4.69, 9.17) is 11.6 Å². The number of amides is 2. The van der Waals surface area contributed by atoms with E-state index in [9.17, 15) is 18.0 Å². The molecule has 0 saturated carbocycles. The summed E-state index contributed by atoms with van der Waals surface area (Å²) in [5, 5.41) is 12.2. The number of nitrogens with one attached hydrogen (secondary N) is 2. The van der Waals surface area contributed by atoms with Crippen molar-refractivity contribution >= 4 is 49.9 Å². The van der Waals surface area contributed by atoms with Gasteiger partial charge in [0.05, 0.1) is 15.5 Å². The van der Waals surface area contributed by atoms with Crippen LogP contribution in [0.1, 0.15) is 33.8 Å². The summed E-state index contributed by atoms with van der Waals surface area (Å²) in [4.78, 5) is 27.4. The van der Waals surface area contributed by atoms with Gasteiger partial charge in [0.1, 0.15) is 5.01 Å². The molecule has 0 atom stereocenters. The van der Waals surface area contributed by atoms with Gasteiger partial charge < -0.3 is 10.2 Å². The smallest absolute Gasteiger partial charge is 0.255 e. The summed E-state index contributed by atoms with van der Waals surface area (Å²) in [6, 6.07) is 13.5. The average Bonchev–Trinajstić information content (AvgIpc) is 3.31. The molecule has 36 heavy (non-hydrogen) atoms. The van der Waals surface area contributed by atoms with Crippen molar-refractivity contribution in [1.29, 1.82) is 0 Å². The van der Waals surface area contributed by atoms with Crippen LogP contribution in [0.4, 0.5) is 5.13 Å². The number of anilines is 1. The lowest BCUT2D eigenvalue weighted by molar-refractivity contribution is -0.121. The SMILES string of the molecule is Cc1ccc(S(=O)(=O)NCCc2nnc(NC(=O)C3CCN(C(=O)c4ccccc4Cl)CC3)s2)cc1. The first-order chi connectivity index (χ1) is 17.2. The second-order valence-electron chi connectivity index (χ2n) is 8.50. The fourth-order valence-electron chi connectivity index (χ4n) is 3.86. The maximum atomic E-state index is 12.7. The Kier molecular flexibility index (Phi) is 8.35. The third kappa shape index (κ3) is 6.47. The highest BCUT2D eigenvalue weighted by Crippen LogP contribution is 2.24. The number of carbonyl (C=O) groups is 2. The molecule has 1 aromatic heterocycles. The van der Waals surface area contributed by atoms with Gasteiger partial charge >= 0.3 is 0 Å². The molecule has 1 aliphatic heterocycles. The summed E-state index contributed by atoms with van der Waals surface area (Å²) in [6.45, 7) is 2.98. The minimum absolute atomic E-state index is 0.133. The van der Waals surface area contributed by atoms with Crippen molar-refractivity contribution in [2.75, 3.05) is 25.0 Å². The Labute approximate surface area is 218 Å². The molecule has 0 unspecified atom stereocenters. The van der Waals surface area contributed by atoms with E-state index in [1.807, 2.05) is 6.92 Å². The van der Waals surface area contributed by atoms with Gasteiger partial charge in [-0.2, -0.15) is 0 Å². The van der Waals surface area contributed by atoms with E-state index in [-0.39, 0.29) is 29.2 Å². The standard InChI is InChI=1S/C24H26ClN5O4S2/c1-16-6-8-18(9-7-16)36(33,34)26-13-10-21-28-29-24(35-21)27-22(31)17-11-14-30(15-12-17)23(32)19-4-2-3-5-20(19)25/h2-9,17,26H,10-15H2,1H3,(H,27,29,31). The van der Waals surface area contributed by atoms with E-state index in [2.05, 4.69) is 20.2 Å². The number of aromatic nitrogens is 2. The lowest BCUT2D eigenvalue weighted by Gasteiger charge is -2.31. The molecular weight excluding hydrogens is 522 g/mol. The van der Waals surface area contributed by atoms with Crippen LogP contribution < -0.4 is 10.0 Å². The Morgan fingerprint density at radius 3 is 2.47 bits per heavy atom. The zero-order chi connectivity index (χ0) is 25.7. The summed E-state index contributed by atoms with van der Waals surface area (Å²) >= 11 is 7.35. The van der Waals surface area contributed by atoms with Gasteiger partial charge in [-0.3, -0.25) is 9.59 Å². The highest BCUT2D eigenvalue weighted by molar-refractivity contribution is 7.89. The van der Waals surface area contributed by atoms with E-state index in [1.165, 1.54) is 11.3 Å². The van der Waals surface area contributed by atoms with Gasteiger partial charge in [0, 0.05) is 32.0 Å². The number of rotatable bonds is 8. The second kappa shape index (κ2) is 11.5. The molecule has 1 saturated heterocycles. The molecule has 0 bridgehead atoms. The monoisotopic (exact) mass is 547 g/mol. The molecule has 2 amide bonds. The van der Waals surface area contributed by atoms with E-state index < -0.39 is 10.0 Å². The molecule has 2 aromatic carbocycles. The lowest BCUT2D eigenvalue weighted by Crippen LogP contribution is -2.41. The summed E-state index contributed by atoms with van der Waals surface area (Å²) in [5.41, 5.74) is 1.44. The summed E-state index contributed by atoms with van der Waals surface area (Å²) in [5.74, 6) is -0.539. The van der Waals surface area contributed by atoms with E-state index >= 15 is 0 Å². The molecule has 3 aromatic rings. The van der Waals surface area contributed by atoms with Crippen LogP contribution in [0.5, 0.6) is 0 Å². The minimum Gasteiger partial charge on any atom is -0.339 e. The van der Waals surface area contributed by atoms with Crippen molar-refractivity contribution in [2.45, 2.75) is 31.1 Å². The van der Waals surface area contributed by atoms with Gasteiger partial charge in [0.25, 0.3) is 5.91 Å². The van der Waals surface area contributed by atoms with Gasteiger partial charge in [-0.05, 0) is 44.0 Å². The third-order valence-electron chi connectivity index (χ3n) is 5.92. The van der Waals surface area contributed by atoms with Crippen molar-refractivity contribution in [3.8, 4) is 0 Å². The number of nitrogens with zero attached hydrogens (tertiary/aromatic N) is 3. The van der Waals surface area contributed by atoms with E-state index in [0.717, 1.165) is 5.56 Å². The number of benzene rings is 2. The molecule has 9 nitrogen and oxygen atoms in total. The van der Waals surface area contributed by atoms with E-state index in [1.54, 1.807) is 53.4 Å². The fraction of sp³-hybridized carbons (Fsp3) is 0.333. The van der Waals surface area contributed by atoms with Gasteiger partial charge in [0.15, 0.2) is 0 Å². The van der Waals surface area contributed by atoms with Crippen molar-refractivity contribution in [3.63, 3.8) is 0 Å². The quantitative estimate of drug-likeness (QED) is 0.445. The molecule has 1 fully saturated rings. The van der Waals surface area contributed by atoms with Crippen LogP contribution in [0.3, 0.4) is 0 Å². The summed E-state index contributed by atoms with van der Waals surface area (Å²) in [7, 11) is -3.60. The Hall–Kier alpha value is -2.86. The molecule has 190 valence electrons. The molecular formula is C24H26ClN5O4S2. The Balaban J connectivity index is 1.23. The van der Waals surface area contributed by atoms with Crippen molar-refractivity contribution in [1.82, 2.24) is 19.8 Å². The number of carbonyl (C=O) groups excluding carboxylic acids is 2. The molecule has 4 rings (SSSR count). The molecule has 0 aliphatic carbocycles. The van der Waals surface area contributed by atoms with Crippen molar-refractivity contribution in [2.24, 2.45) is 5.92 Å². The molecule has 0 spiro atoms. The number of likely N-dealkylation sites (tertiary alicyclic amines) is 1. The number of aryl methyl sites for hydroxylation is 1. The third-order valence-corrected chi connectivity index (χ3v) is 8.62. The summed E-state index contributed by atoms with van der Waals surface area (Å²) in [6.07, 6.45) is 1.42. The van der Waals surface area contributed by atoms with Crippen LogP contribution in [0.25, 0.3) is 0 Å². The molecule has 12 heteroatoms. The number of hydrogen-bond donors (Lipinski definition) is 2. The Morgan fingerprint density at radius 2 is 1.78 bits per heavy atom. The predicted octanol–water partition coefficient (Wildman–Crippen LogP) is 3.51. The van der Waals surface area contributed by atoms with E-state index in [0.29, 0.717) is 53.1 Å². The van der Waals surface area contributed by atoms with Crippen LogP contribution >= 0.6 is 22.9 Å². The predicted molar refractivity (Wildman–Crippen MR) is 139 cm³/mol. The van der Waals surface area contributed by atoms with Crippen molar-refractivity contribution < 1.29 is 18.0 Å². The van der Waals surface area contributed by atoms with Gasteiger partial charge in [0.2, 0.25) is 21.1 Å². The summed E-state index contributed by atoms with van der Waals surface area (Å²) < 4.78 is 27.3. The van der Waals surface area contributed by atoms with Gasteiger partial charge in [-0.15, -0.1) is 10.2 Å². The van der Waals surface area contributed by atoms with Crippen LogP contribution in [0.15, 0.2) is 53.4 Å². The van der Waals surface area contributed by atoms with Crippen LogP contribution in [-0.2, 0) is 21.2 Å². The zero-order valence-electron chi connectivity index (χ0n) is 19.6. The first-order valence-corrected chi connectivity index (χ1v) is 14.1. The second-order valence-corrected chi connectivity index (χ2v) is 11.7. The van der Waals surface area contributed by atoms with Crippen LogP contribution in [0, 0.1) is 12.8 Å². The molecule has 1 aliphatic rings. The highest BCUT2D eigenvalue weighted by atomic mass is 35.5. The van der Waals surface area contributed by atoms with Crippen LogP contribution in [0.2, 0.25) is 5.02 Å². The van der Waals surface area contributed by atoms with Gasteiger partial charge in [-0.1, -0.05) is 52.8 Å². The number of hydrogen-bond acceptors (Lipinski definition) is 7. The minimum atomic E-state index is -3.60. The van der Waals surface area contributed by atoms with Gasteiger partial charge in [-0.25, -0.2) is 13.1 Å². The maximum absolute atomic E-state index is 12.7. The lowest BCUT2D eigenvalue weighted by atomic mass is 9.95. The highest BCUT2D eigenvalue weighted by Gasteiger charge is 2.29. The zero-order valence-corrected chi connectivity index (χ0v) is 22.0. The largest absolute Gasteiger partial charge is 0.339 e. The topological polar surface area (TPSA) is 121 Å². The first kappa shape index (κ1) is 26.2. The average molecular weight is 548 g/mol. The molecule has 2 N–H and O–H groups in total. The fourth-order valence-corrected chi connectivity index (χ4v) is 5.85. The maximum Gasteiger partial charge on any atom is 0.255 e. The number of halogens is 1. The number of sulfonamides is 1. The Morgan fingerprint density at radius 1 is 1.08 bits per heavy atom. The first-order valence-electron chi connectivity index (χ1n) is 11.5. The van der Waals surface area contributed by atoms with Crippen molar-refractivity contribution in [3.05, 3.63) is 69.7 Å². The molecule has 2 heterocycles. The molecule has 0 radical (unpaired) electrons. The van der Waals surface area contributed by atoms with Crippen LogP contribution in [-0.4, -0.2) is 55.0 Å². The number of piperidine rings is 1. The Bertz CT molecular complexity index is 1340. The normalized spacial score (nSPS) is 14.6.